The van der Waals surface area contributed by atoms with E-state index in [0.29, 0.717) is 12.8 Å². The first-order valence-corrected chi connectivity index (χ1v) is 7.29. The number of para-hydroxylation sites is 1. The van der Waals surface area contributed by atoms with Gasteiger partial charge in [-0.05, 0) is 37.0 Å². The molecule has 2 aromatic rings. The normalized spacial score (nSPS) is 24.7. The molecular formula is C18H18NO2-. The first-order valence-electron chi connectivity index (χ1n) is 7.29. The summed E-state index contributed by atoms with van der Waals surface area (Å²) >= 11 is 0. The number of nitrogens with one attached hydrogen (secondary N) is 1. The van der Waals surface area contributed by atoms with Crippen molar-refractivity contribution in [1.82, 2.24) is 0 Å². The van der Waals surface area contributed by atoms with E-state index < -0.39 is 11.4 Å². The molecule has 1 fully saturated rings. The smallest absolute Gasteiger partial charge is 0.0521 e. The minimum absolute atomic E-state index is 0.158. The Hall–Kier alpha value is -2.29. The second-order valence-electron chi connectivity index (χ2n) is 5.69. The molecule has 0 saturated heterocycles. The first-order chi connectivity index (χ1) is 10.2. The number of benzene rings is 2. The van der Waals surface area contributed by atoms with E-state index in [9.17, 15) is 9.90 Å². The van der Waals surface area contributed by atoms with Crippen molar-refractivity contribution in [3.63, 3.8) is 0 Å². The summed E-state index contributed by atoms with van der Waals surface area (Å²) in [5, 5.41) is 15.2. The van der Waals surface area contributed by atoms with Gasteiger partial charge >= 0.3 is 0 Å². The lowest BCUT2D eigenvalue weighted by atomic mass is 9.79. The van der Waals surface area contributed by atoms with Crippen LogP contribution in [-0.4, -0.2) is 12.0 Å². The minimum atomic E-state index is -0.967. The third-order valence-corrected chi connectivity index (χ3v) is 4.38. The van der Waals surface area contributed by atoms with Crippen LogP contribution in [-0.2, 0) is 10.2 Å². The second kappa shape index (κ2) is 5.60. The molecule has 3 rings (SSSR count). The molecule has 2 aromatic carbocycles. The van der Waals surface area contributed by atoms with Crippen LogP contribution >= 0.6 is 0 Å². The van der Waals surface area contributed by atoms with E-state index in [1.165, 1.54) is 0 Å². The average Bonchev–Trinajstić information content (AvgIpc) is 2.94. The van der Waals surface area contributed by atoms with Gasteiger partial charge in [0, 0.05) is 17.1 Å². The lowest BCUT2D eigenvalue weighted by Gasteiger charge is -2.31. The summed E-state index contributed by atoms with van der Waals surface area (Å²) in [7, 11) is 0. The van der Waals surface area contributed by atoms with Crippen LogP contribution in [0.15, 0.2) is 60.7 Å². The lowest BCUT2D eigenvalue weighted by molar-refractivity contribution is -0.313. The van der Waals surface area contributed by atoms with E-state index >= 15 is 0 Å². The number of carboxylic acid groups (broad SMARTS) is 1. The molecule has 0 aliphatic heterocycles. The Morgan fingerprint density at radius 1 is 1.05 bits per heavy atom. The van der Waals surface area contributed by atoms with Gasteiger partial charge in [0.1, 0.15) is 0 Å². The average molecular weight is 280 g/mol. The van der Waals surface area contributed by atoms with Crippen LogP contribution in [0, 0.1) is 0 Å². The topological polar surface area (TPSA) is 52.2 Å². The van der Waals surface area contributed by atoms with Gasteiger partial charge in [0.25, 0.3) is 0 Å². The van der Waals surface area contributed by atoms with Crippen molar-refractivity contribution in [3.05, 3.63) is 66.2 Å². The van der Waals surface area contributed by atoms with E-state index in [2.05, 4.69) is 5.32 Å². The number of carbonyl (C=O) groups excluding carboxylic acids is 1. The third-order valence-electron chi connectivity index (χ3n) is 4.38. The van der Waals surface area contributed by atoms with E-state index in [0.717, 1.165) is 17.7 Å². The van der Waals surface area contributed by atoms with E-state index in [1.807, 2.05) is 60.7 Å². The zero-order valence-electron chi connectivity index (χ0n) is 11.8. The fourth-order valence-electron chi connectivity index (χ4n) is 3.26. The molecule has 0 radical (unpaired) electrons. The van der Waals surface area contributed by atoms with Crippen LogP contribution in [0.1, 0.15) is 24.8 Å². The second-order valence-corrected chi connectivity index (χ2v) is 5.69. The van der Waals surface area contributed by atoms with Gasteiger partial charge in [-0.15, -0.1) is 0 Å². The Balaban J connectivity index is 1.81. The summed E-state index contributed by atoms with van der Waals surface area (Å²) in [6, 6.07) is 19.5. The number of carbonyl (C=O) groups is 1. The molecule has 3 nitrogen and oxygen atoms in total. The monoisotopic (exact) mass is 280 g/mol. The van der Waals surface area contributed by atoms with Crippen molar-refractivity contribution in [2.45, 2.75) is 30.7 Å². The molecule has 108 valence electrons. The maximum absolute atomic E-state index is 11.8. The van der Waals surface area contributed by atoms with Crippen molar-refractivity contribution < 1.29 is 9.90 Å². The Morgan fingerprint density at radius 3 is 2.29 bits per heavy atom. The Labute approximate surface area is 124 Å². The van der Waals surface area contributed by atoms with Crippen molar-refractivity contribution in [3.8, 4) is 0 Å². The highest BCUT2D eigenvalue weighted by Crippen LogP contribution is 2.41. The summed E-state index contributed by atoms with van der Waals surface area (Å²) in [5.74, 6) is -0.967. The first kappa shape index (κ1) is 13.7. The molecule has 2 atom stereocenters. The highest BCUT2D eigenvalue weighted by Gasteiger charge is 2.41. The predicted molar refractivity (Wildman–Crippen MR) is 80.8 cm³/mol. The maximum atomic E-state index is 11.8. The summed E-state index contributed by atoms with van der Waals surface area (Å²) < 4.78 is 0. The minimum Gasteiger partial charge on any atom is -0.549 e. The summed E-state index contributed by atoms with van der Waals surface area (Å²) in [4.78, 5) is 11.8. The molecule has 21 heavy (non-hydrogen) atoms. The largest absolute Gasteiger partial charge is 0.549 e. The Morgan fingerprint density at radius 2 is 1.67 bits per heavy atom. The van der Waals surface area contributed by atoms with Crippen molar-refractivity contribution in [1.29, 1.82) is 0 Å². The number of hydrogen-bond acceptors (Lipinski definition) is 3. The van der Waals surface area contributed by atoms with Crippen molar-refractivity contribution in [2.75, 3.05) is 5.32 Å². The number of aliphatic carboxylic acids is 1. The molecular weight excluding hydrogens is 262 g/mol. The van der Waals surface area contributed by atoms with Gasteiger partial charge in [-0.2, -0.15) is 0 Å². The van der Waals surface area contributed by atoms with Crippen LogP contribution in [0.5, 0.6) is 0 Å². The van der Waals surface area contributed by atoms with Gasteiger partial charge in [-0.25, -0.2) is 0 Å². The van der Waals surface area contributed by atoms with Gasteiger partial charge in [-0.3, -0.25) is 0 Å². The summed E-state index contributed by atoms with van der Waals surface area (Å²) in [6.07, 6.45) is 2.01. The molecule has 0 bridgehead atoms. The fraction of sp³-hybridized carbons (Fsp3) is 0.278. The summed E-state index contributed by atoms with van der Waals surface area (Å²) in [5.41, 5.74) is 1.01. The van der Waals surface area contributed by atoms with Gasteiger partial charge in [-0.1, -0.05) is 48.5 Å². The zero-order valence-corrected chi connectivity index (χ0v) is 11.8. The zero-order chi connectivity index (χ0) is 14.7. The van der Waals surface area contributed by atoms with E-state index in [-0.39, 0.29) is 6.04 Å². The standard InChI is InChI=1S/C18H19NO2/c20-17(21)18(14-7-3-1-4-8-14)12-11-16(13-18)19-15-9-5-2-6-10-15/h1-10,16,19H,11-13H2,(H,20,21)/p-1/t16-,18+/m0/s1. The SMILES string of the molecule is O=C([O-])[C@]1(c2ccccc2)CC[C@H](Nc2ccccc2)C1. The lowest BCUT2D eigenvalue weighted by Crippen LogP contribution is -2.44. The van der Waals surface area contributed by atoms with Crippen LogP contribution in [0.2, 0.25) is 0 Å². The Bertz CT molecular complexity index is 612. The molecule has 3 heteroatoms. The number of carboxylic acids is 1. The molecule has 0 aromatic heterocycles. The van der Waals surface area contributed by atoms with Crippen LogP contribution in [0.3, 0.4) is 0 Å². The quantitative estimate of drug-likeness (QED) is 0.935. The van der Waals surface area contributed by atoms with Gasteiger partial charge < -0.3 is 15.2 Å². The maximum Gasteiger partial charge on any atom is 0.0521 e. The van der Waals surface area contributed by atoms with Crippen molar-refractivity contribution >= 4 is 11.7 Å². The van der Waals surface area contributed by atoms with Gasteiger partial charge in [0.05, 0.1) is 5.97 Å². The molecule has 1 N–H and O–H groups in total. The van der Waals surface area contributed by atoms with E-state index in [4.69, 9.17) is 0 Å². The van der Waals surface area contributed by atoms with Crippen LogP contribution in [0.25, 0.3) is 0 Å². The fourth-order valence-corrected chi connectivity index (χ4v) is 3.26. The van der Waals surface area contributed by atoms with Gasteiger partial charge in [0.2, 0.25) is 0 Å². The third kappa shape index (κ3) is 2.64. The molecule has 1 aliphatic carbocycles. The molecule has 1 aliphatic rings. The highest BCUT2D eigenvalue weighted by molar-refractivity contribution is 5.80. The molecule has 0 heterocycles. The molecule has 1 saturated carbocycles. The van der Waals surface area contributed by atoms with Crippen molar-refractivity contribution in [2.24, 2.45) is 0 Å². The number of anilines is 1. The molecule has 0 unspecified atom stereocenters. The Kier molecular flexibility index (Phi) is 3.65. The predicted octanol–water partition coefficient (Wildman–Crippen LogP) is 2.34. The van der Waals surface area contributed by atoms with Crippen LogP contribution in [0.4, 0.5) is 5.69 Å². The summed E-state index contributed by atoms with van der Waals surface area (Å²) in [6.45, 7) is 0. The highest BCUT2D eigenvalue weighted by atomic mass is 16.4. The van der Waals surface area contributed by atoms with Crippen LogP contribution < -0.4 is 10.4 Å². The number of rotatable bonds is 4. The van der Waals surface area contributed by atoms with E-state index in [1.54, 1.807) is 0 Å². The molecule has 0 spiro atoms. The number of hydrogen-bond donors (Lipinski definition) is 1. The van der Waals surface area contributed by atoms with Gasteiger partial charge in [0.15, 0.2) is 0 Å². The molecule has 0 amide bonds.